The van der Waals surface area contributed by atoms with Crippen molar-refractivity contribution in [3.8, 4) is 5.75 Å². The van der Waals surface area contributed by atoms with Crippen molar-refractivity contribution in [2.24, 2.45) is 10.7 Å². The Morgan fingerprint density at radius 3 is 3.00 bits per heavy atom. The van der Waals surface area contributed by atoms with E-state index in [9.17, 15) is 13.8 Å². The van der Waals surface area contributed by atoms with E-state index in [2.05, 4.69) is 51.8 Å². The van der Waals surface area contributed by atoms with Gasteiger partial charge in [-0.15, -0.1) is 0 Å². The number of methoxy groups -OCH3 is 1. The van der Waals surface area contributed by atoms with Gasteiger partial charge in [-0.05, 0) is 17.7 Å². The number of nitrogens with zero attached hydrogens (tertiary/aromatic N) is 1. The first-order valence-electron chi connectivity index (χ1n) is 10.4. The summed E-state index contributed by atoms with van der Waals surface area (Å²) in [7, 11) is -0.394. The Bertz CT molecular complexity index is 1140. The number of esters is 1. The normalized spacial score (nSPS) is 14.4. The van der Waals surface area contributed by atoms with Gasteiger partial charge in [0.25, 0.3) is 0 Å². The SMILES string of the molecule is COC(=O)[C@H](CCCN=C(N)[NH][Pb][I])NC(=O)c1sccc1NS(=O)c1cc(Br)cc2c1OCC2. The van der Waals surface area contributed by atoms with E-state index in [-0.39, 0.29) is 0 Å². The molecule has 1 aromatic heterocycles. The van der Waals surface area contributed by atoms with Crippen LogP contribution in [0.25, 0.3) is 0 Å². The van der Waals surface area contributed by atoms with Crippen LogP contribution in [0.3, 0.4) is 0 Å². The molecule has 1 unspecified atom stereocenters. The summed E-state index contributed by atoms with van der Waals surface area (Å²) in [6.45, 7) is 0.956. The minimum atomic E-state index is -1.67. The zero-order valence-corrected chi connectivity index (χ0v) is 27.8. The van der Waals surface area contributed by atoms with Crippen LogP contribution in [0.1, 0.15) is 28.1 Å². The van der Waals surface area contributed by atoms with Crippen molar-refractivity contribution in [1.82, 2.24) is 8.44 Å². The fourth-order valence-corrected chi connectivity index (χ4v) is 8.95. The molecule has 2 aromatic rings. The number of carbonyl (C=O) groups is 2. The topological polar surface area (TPSA) is 144 Å². The van der Waals surface area contributed by atoms with Gasteiger partial charge in [0.1, 0.15) is 10.6 Å². The van der Waals surface area contributed by atoms with Crippen molar-refractivity contribution in [2.75, 3.05) is 25.0 Å². The van der Waals surface area contributed by atoms with Crippen molar-refractivity contribution in [3.05, 3.63) is 38.5 Å². The number of guanidine groups is 1. The standard InChI is InChI=1S/C20H24BrN5O5S2.HI.Pb/c1-30-19(28)14(3-2-6-24-20(22)23)25-18(27)17-13(5-8-32-17)26-33(29)15-10-12(21)9-11-4-7-31-16(11)15;;/h5,8-10,14H,2-4,6-7H2,1H3,(H6,22,23,24,25,26,27);1H;/q;;+2/p-2/t14-,33?;;/m0../s1. The van der Waals surface area contributed by atoms with Crippen LogP contribution in [-0.4, -0.2) is 68.6 Å². The average molecular weight is 892 g/mol. The molecule has 0 spiro atoms. The van der Waals surface area contributed by atoms with Crippen molar-refractivity contribution < 1.29 is 23.3 Å². The summed E-state index contributed by atoms with van der Waals surface area (Å²) < 4.78 is 30.4. The number of carbonyl (C=O) groups excluding carboxylic acids is 2. The van der Waals surface area contributed by atoms with Crippen LogP contribution in [0.2, 0.25) is 0 Å². The minimum absolute atomic E-state index is 0.306. The number of nitrogens with one attached hydrogen (secondary N) is 3. The predicted octanol–water partition coefficient (Wildman–Crippen LogP) is 2.51. The fourth-order valence-electron chi connectivity index (χ4n) is 3.29. The molecule has 1 amide bonds. The van der Waals surface area contributed by atoms with E-state index in [1.165, 1.54) is 18.4 Å². The zero-order valence-electron chi connectivity index (χ0n) is 18.6. The molecule has 188 valence electrons. The quantitative estimate of drug-likeness (QED) is 0.0679. The van der Waals surface area contributed by atoms with Crippen LogP contribution < -0.4 is 23.6 Å². The Morgan fingerprint density at radius 1 is 1.46 bits per heavy atom. The third-order valence-electron chi connectivity index (χ3n) is 4.89. The van der Waals surface area contributed by atoms with Gasteiger partial charge in [0.2, 0.25) is 0 Å². The number of amides is 1. The smallest absolute Gasteiger partial charge is 0.492 e. The van der Waals surface area contributed by atoms with E-state index < -0.39 is 49.1 Å². The van der Waals surface area contributed by atoms with Crippen LogP contribution in [-0.2, 0) is 26.9 Å². The molecule has 0 aliphatic carbocycles. The number of hydrogen-bond acceptors (Lipinski definition) is 7. The Kier molecular flexibility index (Phi) is 11.5. The first-order chi connectivity index (χ1) is 16.8. The molecule has 1 aliphatic rings. The van der Waals surface area contributed by atoms with Crippen molar-refractivity contribution in [1.29, 1.82) is 0 Å². The van der Waals surface area contributed by atoms with Gasteiger partial charge >= 0.3 is 160 Å². The summed E-state index contributed by atoms with van der Waals surface area (Å²) in [5.74, 6) is -0.00220. The molecular weight excluding hydrogens is 868 g/mol. The molecule has 35 heavy (non-hydrogen) atoms. The second-order valence-electron chi connectivity index (χ2n) is 7.20. The van der Waals surface area contributed by atoms with Gasteiger partial charge in [-0.2, -0.15) is 0 Å². The molecule has 5 N–H and O–H groups in total. The first-order valence-corrected chi connectivity index (χ1v) is 26.1. The second kappa shape index (κ2) is 14.1. The molecular formula is C20H23BrIN5O5PbS2. The maximum absolute atomic E-state index is 13.1. The molecule has 10 nitrogen and oxygen atoms in total. The maximum atomic E-state index is 13.1. The summed E-state index contributed by atoms with van der Waals surface area (Å²) in [6, 6.07) is 4.51. The van der Waals surface area contributed by atoms with Gasteiger partial charge in [-0.3, -0.25) is 0 Å². The number of hydrogen-bond donors (Lipinski definition) is 4. The molecule has 0 bridgehead atoms. The van der Waals surface area contributed by atoms with Crippen LogP contribution >= 0.6 is 45.0 Å². The summed E-state index contributed by atoms with van der Waals surface area (Å²) in [4.78, 5) is 30.3. The molecule has 0 saturated heterocycles. The number of benzene rings is 1. The van der Waals surface area contributed by atoms with E-state index >= 15 is 0 Å². The van der Waals surface area contributed by atoms with Crippen LogP contribution in [0.4, 0.5) is 5.69 Å². The van der Waals surface area contributed by atoms with E-state index in [0.717, 1.165) is 16.5 Å². The molecule has 1 aliphatic heterocycles. The Morgan fingerprint density at radius 2 is 2.26 bits per heavy atom. The Balaban J connectivity index is 1.67. The first kappa shape index (κ1) is 28.6. The van der Waals surface area contributed by atoms with Crippen LogP contribution in [0, 0.1) is 0 Å². The number of rotatable bonds is 11. The van der Waals surface area contributed by atoms with Gasteiger partial charge in [0.05, 0.1) is 6.61 Å². The van der Waals surface area contributed by atoms with Crippen LogP contribution in [0.15, 0.2) is 37.9 Å². The summed E-state index contributed by atoms with van der Waals surface area (Å²) in [5, 5.41) is 4.44. The molecule has 2 radical (unpaired) electrons. The van der Waals surface area contributed by atoms with E-state index in [1.807, 2.05) is 6.07 Å². The van der Waals surface area contributed by atoms with E-state index in [0.29, 0.717) is 53.2 Å². The molecule has 3 rings (SSSR count). The monoisotopic (exact) mass is 891 g/mol. The third kappa shape index (κ3) is 8.00. The Labute approximate surface area is 239 Å². The van der Waals surface area contributed by atoms with E-state index in [4.69, 9.17) is 15.2 Å². The van der Waals surface area contributed by atoms with E-state index in [1.54, 1.807) is 17.5 Å². The number of fused-ring (bicyclic) bond motifs is 1. The number of nitrogens with two attached hydrogens (primary N) is 1. The van der Waals surface area contributed by atoms with Crippen molar-refractivity contribution in [3.63, 3.8) is 0 Å². The third-order valence-corrected chi connectivity index (χ3v) is 11.1. The van der Waals surface area contributed by atoms with Crippen molar-refractivity contribution >= 4 is 99.8 Å². The molecule has 2 atom stereocenters. The average Bonchev–Trinajstić information content (AvgIpc) is 3.49. The number of aliphatic imine (C=N–C) groups is 1. The molecule has 0 saturated carbocycles. The fraction of sp³-hybridized carbons (Fsp3) is 0.350. The van der Waals surface area contributed by atoms with Gasteiger partial charge in [0.15, 0.2) is 11.0 Å². The number of anilines is 1. The summed E-state index contributed by atoms with van der Waals surface area (Å²) in [5.41, 5.74) is 7.13. The predicted molar refractivity (Wildman–Crippen MR) is 150 cm³/mol. The Hall–Kier alpha value is -0.988. The zero-order chi connectivity index (χ0) is 25.4. The second-order valence-corrected chi connectivity index (χ2v) is 16.7. The van der Waals surface area contributed by atoms with Gasteiger partial charge in [-0.1, -0.05) is 15.9 Å². The number of thiophene rings is 1. The molecule has 1 aromatic carbocycles. The molecule has 0 fully saturated rings. The number of halogens is 2. The minimum Gasteiger partial charge on any atom is -0.492 e. The van der Waals surface area contributed by atoms with Gasteiger partial charge < -0.3 is 4.74 Å². The number of ether oxygens (including phenoxy) is 2. The molecule has 15 heteroatoms. The summed E-state index contributed by atoms with van der Waals surface area (Å²) >= 11 is 6.02. The summed E-state index contributed by atoms with van der Waals surface area (Å²) in [6.07, 6.45) is 1.61. The van der Waals surface area contributed by atoms with Gasteiger partial charge in [-0.25, -0.2) is 4.21 Å². The van der Waals surface area contributed by atoms with Gasteiger partial charge in [0, 0.05) is 10.9 Å². The molecule has 2 heterocycles. The van der Waals surface area contributed by atoms with Crippen LogP contribution in [0.5, 0.6) is 5.75 Å². The van der Waals surface area contributed by atoms with Crippen molar-refractivity contribution in [2.45, 2.75) is 30.2 Å².